The van der Waals surface area contributed by atoms with Gasteiger partial charge in [0.1, 0.15) is 0 Å². The molecule has 0 bridgehead atoms. The summed E-state index contributed by atoms with van der Waals surface area (Å²) in [6, 6.07) is 7.22. The molecule has 1 rings (SSSR count). The van der Waals surface area contributed by atoms with Crippen LogP contribution in [0.15, 0.2) is 30.4 Å². The van der Waals surface area contributed by atoms with E-state index in [0.717, 1.165) is 19.4 Å². The topological polar surface area (TPSA) is 12.0 Å². The number of aryl methyl sites for hydroxylation is 2. The molecule has 0 aliphatic carbocycles. The van der Waals surface area contributed by atoms with Crippen molar-refractivity contribution >= 4 is 0 Å². The van der Waals surface area contributed by atoms with Gasteiger partial charge in [-0.05, 0) is 56.8 Å². The van der Waals surface area contributed by atoms with Crippen LogP contribution in [0.25, 0.3) is 0 Å². The first kappa shape index (κ1) is 14.0. The number of allylic oxidation sites excluding steroid dienone is 1. The Morgan fingerprint density at radius 3 is 2.53 bits per heavy atom. The van der Waals surface area contributed by atoms with Gasteiger partial charge in [0.15, 0.2) is 0 Å². The summed E-state index contributed by atoms with van der Waals surface area (Å²) < 4.78 is 0. The van der Waals surface area contributed by atoms with Gasteiger partial charge >= 0.3 is 0 Å². The second-order valence-electron chi connectivity index (χ2n) is 4.95. The summed E-state index contributed by atoms with van der Waals surface area (Å²) in [5.74, 6) is 0. The predicted molar refractivity (Wildman–Crippen MR) is 76.4 cm³/mol. The summed E-state index contributed by atoms with van der Waals surface area (Å²) in [6.07, 6.45) is 2.22. The zero-order valence-corrected chi connectivity index (χ0v) is 11.6. The lowest BCUT2D eigenvalue weighted by Crippen LogP contribution is -2.21. The molecule has 1 atom stereocenters. The Hall–Kier alpha value is -1.08. The number of benzene rings is 1. The zero-order chi connectivity index (χ0) is 12.8. The molecule has 0 spiro atoms. The van der Waals surface area contributed by atoms with Crippen LogP contribution in [0.2, 0.25) is 0 Å². The van der Waals surface area contributed by atoms with Crippen molar-refractivity contribution in [3.63, 3.8) is 0 Å². The van der Waals surface area contributed by atoms with E-state index in [1.54, 1.807) is 0 Å². The molecule has 0 aliphatic rings. The highest BCUT2D eigenvalue weighted by Crippen LogP contribution is 2.22. The molecule has 0 fully saturated rings. The number of hydrogen-bond donors (Lipinski definition) is 1. The average molecular weight is 231 g/mol. The summed E-state index contributed by atoms with van der Waals surface area (Å²) in [7, 11) is 0. The zero-order valence-electron chi connectivity index (χ0n) is 11.6. The summed E-state index contributed by atoms with van der Waals surface area (Å²) in [4.78, 5) is 0. The normalized spacial score (nSPS) is 12.5. The molecule has 94 valence electrons. The first-order valence-corrected chi connectivity index (χ1v) is 6.49. The van der Waals surface area contributed by atoms with Gasteiger partial charge in [0, 0.05) is 6.04 Å². The molecule has 0 heterocycles. The maximum Gasteiger partial charge on any atom is 0.0323 e. The molecule has 0 radical (unpaired) electrons. The Bertz CT molecular complexity index is 379. The second-order valence-corrected chi connectivity index (χ2v) is 4.95. The SMILES string of the molecule is C=C(C)CCC(NCC)c1ccc(C)c(C)c1. The third-order valence-corrected chi connectivity index (χ3v) is 3.24. The van der Waals surface area contributed by atoms with Gasteiger partial charge in [-0.2, -0.15) is 0 Å². The lowest BCUT2D eigenvalue weighted by molar-refractivity contribution is 0.514. The van der Waals surface area contributed by atoms with Crippen molar-refractivity contribution < 1.29 is 0 Å². The first-order valence-electron chi connectivity index (χ1n) is 6.49. The van der Waals surface area contributed by atoms with Gasteiger partial charge in [0.05, 0.1) is 0 Å². The number of rotatable bonds is 6. The van der Waals surface area contributed by atoms with Crippen LogP contribution in [0.4, 0.5) is 0 Å². The van der Waals surface area contributed by atoms with Crippen molar-refractivity contribution in [3.05, 3.63) is 47.0 Å². The third kappa shape index (κ3) is 4.35. The van der Waals surface area contributed by atoms with Crippen LogP contribution in [0, 0.1) is 13.8 Å². The monoisotopic (exact) mass is 231 g/mol. The molecule has 0 saturated carbocycles. The van der Waals surface area contributed by atoms with Crippen molar-refractivity contribution in [2.45, 2.75) is 46.6 Å². The predicted octanol–water partition coefficient (Wildman–Crippen LogP) is 4.31. The molecule has 1 unspecified atom stereocenters. The van der Waals surface area contributed by atoms with Crippen LogP contribution in [-0.4, -0.2) is 6.54 Å². The molecule has 17 heavy (non-hydrogen) atoms. The van der Waals surface area contributed by atoms with E-state index in [2.05, 4.69) is 57.8 Å². The van der Waals surface area contributed by atoms with Gasteiger partial charge in [0.2, 0.25) is 0 Å². The highest BCUT2D eigenvalue weighted by molar-refractivity contribution is 5.31. The van der Waals surface area contributed by atoms with E-state index in [4.69, 9.17) is 0 Å². The fourth-order valence-electron chi connectivity index (χ4n) is 2.01. The molecule has 1 heteroatoms. The van der Waals surface area contributed by atoms with Crippen molar-refractivity contribution in [3.8, 4) is 0 Å². The van der Waals surface area contributed by atoms with E-state index in [0.29, 0.717) is 6.04 Å². The van der Waals surface area contributed by atoms with Gasteiger partial charge in [-0.1, -0.05) is 30.7 Å². The lowest BCUT2D eigenvalue weighted by atomic mass is 9.96. The maximum atomic E-state index is 3.98. The van der Waals surface area contributed by atoms with Gasteiger partial charge in [-0.15, -0.1) is 6.58 Å². The van der Waals surface area contributed by atoms with Gasteiger partial charge in [0.25, 0.3) is 0 Å². The standard InChI is InChI=1S/C16H25N/c1-6-17-16(10-7-12(2)3)15-9-8-13(4)14(5)11-15/h8-9,11,16-17H,2,6-7,10H2,1,3-5H3. The Balaban J connectivity index is 2.81. The van der Waals surface area contributed by atoms with Crippen LogP contribution in [0.5, 0.6) is 0 Å². The van der Waals surface area contributed by atoms with E-state index < -0.39 is 0 Å². The van der Waals surface area contributed by atoms with Crippen molar-refractivity contribution in [1.29, 1.82) is 0 Å². The highest BCUT2D eigenvalue weighted by Gasteiger charge is 2.10. The smallest absolute Gasteiger partial charge is 0.0323 e. The molecule has 0 aromatic heterocycles. The molecule has 1 N–H and O–H groups in total. The Labute approximate surface area is 106 Å². The maximum absolute atomic E-state index is 3.98. The number of hydrogen-bond acceptors (Lipinski definition) is 1. The van der Waals surface area contributed by atoms with Crippen molar-refractivity contribution in [2.24, 2.45) is 0 Å². The minimum absolute atomic E-state index is 0.455. The fraction of sp³-hybridized carbons (Fsp3) is 0.500. The molecular formula is C16H25N. The highest BCUT2D eigenvalue weighted by atomic mass is 14.9. The van der Waals surface area contributed by atoms with Crippen LogP contribution in [-0.2, 0) is 0 Å². The first-order chi connectivity index (χ1) is 8.04. The van der Waals surface area contributed by atoms with E-state index in [1.807, 2.05) is 0 Å². The molecule has 0 amide bonds. The summed E-state index contributed by atoms with van der Waals surface area (Å²) in [5, 5.41) is 3.56. The average Bonchev–Trinajstić information content (AvgIpc) is 2.28. The molecule has 1 aromatic carbocycles. The minimum Gasteiger partial charge on any atom is -0.310 e. The lowest BCUT2D eigenvalue weighted by Gasteiger charge is -2.19. The summed E-state index contributed by atoms with van der Waals surface area (Å²) in [6.45, 7) is 13.6. The van der Waals surface area contributed by atoms with Gasteiger partial charge in [-0.25, -0.2) is 0 Å². The Morgan fingerprint density at radius 1 is 1.29 bits per heavy atom. The van der Waals surface area contributed by atoms with E-state index in [-0.39, 0.29) is 0 Å². The van der Waals surface area contributed by atoms with E-state index in [9.17, 15) is 0 Å². The molecule has 0 aliphatic heterocycles. The van der Waals surface area contributed by atoms with Crippen LogP contribution in [0.1, 0.15) is 49.4 Å². The molecule has 1 nitrogen and oxygen atoms in total. The Morgan fingerprint density at radius 2 is 2.00 bits per heavy atom. The molecular weight excluding hydrogens is 206 g/mol. The van der Waals surface area contributed by atoms with Crippen LogP contribution >= 0.6 is 0 Å². The second kappa shape index (κ2) is 6.61. The van der Waals surface area contributed by atoms with Crippen LogP contribution < -0.4 is 5.32 Å². The number of nitrogens with one attached hydrogen (secondary N) is 1. The molecule has 0 saturated heterocycles. The van der Waals surface area contributed by atoms with Crippen molar-refractivity contribution in [1.82, 2.24) is 5.32 Å². The van der Waals surface area contributed by atoms with E-state index in [1.165, 1.54) is 22.3 Å². The summed E-state index contributed by atoms with van der Waals surface area (Å²) in [5.41, 5.74) is 5.40. The third-order valence-electron chi connectivity index (χ3n) is 3.24. The van der Waals surface area contributed by atoms with Crippen molar-refractivity contribution in [2.75, 3.05) is 6.54 Å². The van der Waals surface area contributed by atoms with E-state index >= 15 is 0 Å². The van der Waals surface area contributed by atoms with Gasteiger partial charge < -0.3 is 5.32 Å². The fourth-order valence-corrected chi connectivity index (χ4v) is 2.01. The Kier molecular flexibility index (Phi) is 5.43. The van der Waals surface area contributed by atoms with Crippen LogP contribution in [0.3, 0.4) is 0 Å². The van der Waals surface area contributed by atoms with Gasteiger partial charge in [-0.3, -0.25) is 0 Å². The largest absolute Gasteiger partial charge is 0.310 e. The minimum atomic E-state index is 0.455. The molecule has 1 aromatic rings. The summed E-state index contributed by atoms with van der Waals surface area (Å²) >= 11 is 0. The quantitative estimate of drug-likeness (QED) is 0.719.